The number of ether oxygens (including phenoxy) is 2. The van der Waals surface area contributed by atoms with E-state index in [4.69, 9.17) is 9.47 Å². The topological polar surface area (TPSA) is 67.9 Å². The number of carbonyl (C=O) groups excluding carboxylic acids is 2. The van der Waals surface area contributed by atoms with Gasteiger partial charge >= 0.3 is 5.97 Å². The van der Waals surface area contributed by atoms with Gasteiger partial charge in [0.1, 0.15) is 0 Å². The molecule has 0 bridgehead atoms. The van der Waals surface area contributed by atoms with E-state index >= 15 is 0 Å². The van der Waals surface area contributed by atoms with Gasteiger partial charge in [0.15, 0.2) is 6.61 Å². The van der Waals surface area contributed by atoms with Crippen LogP contribution >= 0.6 is 0 Å². The molecule has 0 atom stereocenters. The van der Waals surface area contributed by atoms with E-state index in [1.165, 1.54) is 0 Å². The van der Waals surface area contributed by atoms with E-state index in [2.05, 4.69) is 10.2 Å². The van der Waals surface area contributed by atoms with Crippen LogP contribution in [0.4, 0.5) is 0 Å². The first-order valence-electron chi connectivity index (χ1n) is 8.77. The third kappa shape index (κ3) is 6.48. The fourth-order valence-corrected chi connectivity index (χ4v) is 2.48. The number of hydrogen-bond acceptors (Lipinski definition) is 5. The molecule has 0 unspecified atom stereocenters. The van der Waals surface area contributed by atoms with Gasteiger partial charge in [-0.25, -0.2) is 4.79 Å². The highest BCUT2D eigenvalue weighted by atomic mass is 16.5. The highest BCUT2D eigenvalue weighted by molar-refractivity contribution is 5.91. The minimum absolute atomic E-state index is 0.266. The zero-order chi connectivity index (χ0) is 18.3. The van der Waals surface area contributed by atoms with Gasteiger partial charge in [-0.15, -0.1) is 0 Å². The number of esters is 1. The quantitative estimate of drug-likeness (QED) is 0.763. The maximum Gasteiger partial charge on any atom is 0.338 e. The third-order valence-corrected chi connectivity index (χ3v) is 4.40. The molecule has 6 nitrogen and oxygen atoms in total. The monoisotopic (exact) mass is 348 g/mol. The minimum Gasteiger partial charge on any atom is -0.452 e. The normalized spacial score (nSPS) is 15.6. The summed E-state index contributed by atoms with van der Waals surface area (Å²) < 4.78 is 10.4. The number of morpholine rings is 1. The van der Waals surface area contributed by atoms with Gasteiger partial charge in [-0.2, -0.15) is 0 Å². The van der Waals surface area contributed by atoms with E-state index in [-0.39, 0.29) is 18.1 Å². The fraction of sp³-hybridized carbons (Fsp3) is 0.579. The molecule has 1 saturated heterocycles. The SMILES string of the molecule is CCC(C)(C)NC(=O)COC(=O)c1ccc(CN2CCOCC2)cc1. The standard InChI is InChI=1S/C19H28N2O4/c1-4-19(2,3)20-17(22)14-25-18(23)16-7-5-15(6-8-16)13-21-9-11-24-12-10-21/h5-8H,4,9-14H2,1-3H3,(H,20,22). The Morgan fingerprint density at radius 2 is 1.84 bits per heavy atom. The molecule has 1 fully saturated rings. The minimum atomic E-state index is -0.484. The van der Waals surface area contributed by atoms with Crippen LogP contribution in [0.5, 0.6) is 0 Å². The Kier molecular flexibility index (Phi) is 6.96. The summed E-state index contributed by atoms with van der Waals surface area (Å²) in [7, 11) is 0. The lowest BCUT2D eigenvalue weighted by atomic mass is 10.0. The molecule has 2 rings (SSSR count). The Bertz CT molecular complexity index is 578. The van der Waals surface area contributed by atoms with Crippen LogP contribution in [-0.4, -0.2) is 55.2 Å². The van der Waals surface area contributed by atoms with E-state index in [1.54, 1.807) is 12.1 Å². The van der Waals surface area contributed by atoms with Crippen LogP contribution in [0.1, 0.15) is 43.1 Å². The molecule has 0 aromatic heterocycles. The van der Waals surface area contributed by atoms with Crippen molar-refractivity contribution in [3.63, 3.8) is 0 Å². The van der Waals surface area contributed by atoms with Crippen molar-refractivity contribution in [1.29, 1.82) is 0 Å². The highest BCUT2D eigenvalue weighted by Gasteiger charge is 2.19. The fourth-order valence-electron chi connectivity index (χ4n) is 2.48. The summed E-state index contributed by atoms with van der Waals surface area (Å²) in [6.07, 6.45) is 0.803. The number of carbonyl (C=O) groups is 2. The van der Waals surface area contributed by atoms with Crippen LogP contribution in [0.15, 0.2) is 24.3 Å². The van der Waals surface area contributed by atoms with Crippen LogP contribution in [0.25, 0.3) is 0 Å². The second-order valence-corrected chi connectivity index (χ2v) is 6.95. The number of nitrogens with zero attached hydrogens (tertiary/aromatic N) is 1. The van der Waals surface area contributed by atoms with E-state index in [1.807, 2.05) is 32.9 Å². The largest absolute Gasteiger partial charge is 0.452 e. The zero-order valence-corrected chi connectivity index (χ0v) is 15.3. The molecule has 1 aromatic rings. The van der Waals surface area contributed by atoms with Crippen molar-refractivity contribution in [1.82, 2.24) is 10.2 Å². The predicted molar refractivity (Wildman–Crippen MR) is 95.3 cm³/mol. The molecule has 138 valence electrons. The zero-order valence-electron chi connectivity index (χ0n) is 15.3. The van der Waals surface area contributed by atoms with Gasteiger partial charge in [-0.3, -0.25) is 9.69 Å². The van der Waals surface area contributed by atoms with Crippen molar-refractivity contribution in [2.75, 3.05) is 32.9 Å². The van der Waals surface area contributed by atoms with Gasteiger partial charge in [0, 0.05) is 25.2 Å². The number of benzene rings is 1. The Hall–Kier alpha value is -1.92. The third-order valence-electron chi connectivity index (χ3n) is 4.40. The van der Waals surface area contributed by atoms with Gasteiger partial charge in [-0.1, -0.05) is 19.1 Å². The van der Waals surface area contributed by atoms with Crippen LogP contribution in [0.2, 0.25) is 0 Å². The number of nitrogens with one attached hydrogen (secondary N) is 1. The molecular weight excluding hydrogens is 320 g/mol. The molecule has 1 aromatic carbocycles. The first kappa shape index (κ1) is 19.4. The van der Waals surface area contributed by atoms with Crippen LogP contribution in [0.3, 0.4) is 0 Å². The van der Waals surface area contributed by atoms with E-state index in [0.29, 0.717) is 5.56 Å². The summed E-state index contributed by atoms with van der Waals surface area (Å²) >= 11 is 0. The molecule has 6 heteroatoms. The van der Waals surface area contributed by atoms with Crippen molar-refractivity contribution < 1.29 is 19.1 Å². The summed E-state index contributed by atoms with van der Waals surface area (Å²) in [6.45, 7) is 9.80. The predicted octanol–water partition coefficient (Wildman–Crippen LogP) is 1.98. The first-order valence-corrected chi connectivity index (χ1v) is 8.77. The van der Waals surface area contributed by atoms with Crippen LogP contribution in [0, 0.1) is 0 Å². The molecular formula is C19H28N2O4. The Labute approximate surface area is 149 Å². The molecule has 0 saturated carbocycles. The smallest absolute Gasteiger partial charge is 0.338 e. The summed E-state index contributed by atoms with van der Waals surface area (Å²) in [4.78, 5) is 26.2. The maximum absolute atomic E-state index is 12.1. The van der Waals surface area contributed by atoms with Crippen molar-refractivity contribution in [3.8, 4) is 0 Å². The molecule has 1 N–H and O–H groups in total. The number of amides is 1. The molecule has 1 aliphatic heterocycles. The average Bonchev–Trinajstić information content (AvgIpc) is 2.61. The molecule has 0 aliphatic carbocycles. The van der Waals surface area contributed by atoms with Gasteiger partial charge in [0.2, 0.25) is 0 Å². The Morgan fingerprint density at radius 1 is 1.20 bits per heavy atom. The summed E-state index contributed by atoms with van der Waals surface area (Å²) in [6, 6.07) is 7.33. The molecule has 1 aliphatic rings. The van der Waals surface area contributed by atoms with E-state index < -0.39 is 5.97 Å². The van der Waals surface area contributed by atoms with Crippen molar-refractivity contribution in [3.05, 3.63) is 35.4 Å². The lowest BCUT2D eigenvalue weighted by Crippen LogP contribution is -2.44. The van der Waals surface area contributed by atoms with Crippen LogP contribution in [-0.2, 0) is 20.8 Å². The van der Waals surface area contributed by atoms with Gasteiger partial charge in [0.25, 0.3) is 5.91 Å². The molecule has 0 spiro atoms. The van der Waals surface area contributed by atoms with Crippen LogP contribution < -0.4 is 5.32 Å². The highest BCUT2D eigenvalue weighted by Crippen LogP contribution is 2.10. The van der Waals surface area contributed by atoms with Gasteiger partial charge in [0.05, 0.1) is 18.8 Å². The number of rotatable bonds is 7. The Balaban J connectivity index is 1.80. The lowest BCUT2D eigenvalue weighted by molar-refractivity contribution is -0.125. The van der Waals surface area contributed by atoms with E-state index in [9.17, 15) is 9.59 Å². The van der Waals surface area contributed by atoms with E-state index in [0.717, 1.165) is 44.8 Å². The van der Waals surface area contributed by atoms with Crippen molar-refractivity contribution in [2.24, 2.45) is 0 Å². The molecule has 1 heterocycles. The lowest BCUT2D eigenvalue weighted by Gasteiger charge is -2.26. The molecule has 1 amide bonds. The van der Waals surface area contributed by atoms with Crippen molar-refractivity contribution >= 4 is 11.9 Å². The summed E-state index contributed by atoms with van der Waals surface area (Å²) in [5, 5.41) is 2.84. The summed E-state index contributed by atoms with van der Waals surface area (Å²) in [5.74, 6) is -0.772. The maximum atomic E-state index is 12.1. The van der Waals surface area contributed by atoms with Gasteiger partial charge in [-0.05, 0) is 38.0 Å². The molecule has 25 heavy (non-hydrogen) atoms. The second-order valence-electron chi connectivity index (χ2n) is 6.95. The first-order chi connectivity index (χ1) is 11.9. The summed E-state index contributed by atoms with van der Waals surface area (Å²) in [5.41, 5.74) is 1.29. The molecule has 0 radical (unpaired) electrons. The Morgan fingerprint density at radius 3 is 2.44 bits per heavy atom. The van der Waals surface area contributed by atoms with Crippen molar-refractivity contribution in [2.45, 2.75) is 39.3 Å². The average molecular weight is 348 g/mol. The second kappa shape index (κ2) is 8.97. The number of hydrogen-bond donors (Lipinski definition) is 1. The van der Waals surface area contributed by atoms with Gasteiger partial charge < -0.3 is 14.8 Å².